The molecule has 1 heterocycles. The van der Waals surface area contributed by atoms with E-state index in [9.17, 15) is 4.79 Å². The largest absolute Gasteiger partial charge is 0.333 e. The molecule has 1 aliphatic heterocycles. The van der Waals surface area contributed by atoms with Crippen molar-refractivity contribution >= 4 is 6.03 Å². The van der Waals surface area contributed by atoms with Gasteiger partial charge in [0.25, 0.3) is 0 Å². The summed E-state index contributed by atoms with van der Waals surface area (Å²) in [6, 6.07) is 8.72. The maximum absolute atomic E-state index is 11.6. The lowest BCUT2D eigenvalue weighted by Crippen LogP contribution is -2.28. The summed E-state index contributed by atoms with van der Waals surface area (Å²) in [4.78, 5) is 13.5. The Morgan fingerprint density at radius 1 is 1.38 bits per heavy atom. The molecule has 1 aromatic rings. The van der Waals surface area contributed by atoms with Crippen molar-refractivity contribution in [2.24, 2.45) is 0 Å². The number of nitrogens with one attached hydrogen (secondary N) is 1. The minimum absolute atomic E-state index is 0.0624. The van der Waals surface area contributed by atoms with Gasteiger partial charge in [-0.25, -0.2) is 4.79 Å². The lowest BCUT2D eigenvalue weighted by molar-refractivity contribution is 0.215. The Hall–Kier alpha value is -1.51. The van der Waals surface area contributed by atoms with Gasteiger partial charge in [0.1, 0.15) is 0 Å². The zero-order chi connectivity index (χ0) is 11.5. The zero-order valence-corrected chi connectivity index (χ0v) is 9.86. The van der Waals surface area contributed by atoms with E-state index in [4.69, 9.17) is 0 Å². The summed E-state index contributed by atoms with van der Waals surface area (Å²) >= 11 is 0. The zero-order valence-electron chi connectivity index (χ0n) is 9.86. The molecule has 16 heavy (non-hydrogen) atoms. The first-order chi connectivity index (χ1) is 7.69. The molecule has 86 valence electrons. The van der Waals surface area contributed by atoms with Crippen LogP contribution in [-0.2, 0) is 6.54 Å². The molecule has 1 atom stereocenters. The van der Waals surface area contributed by atoms with Crippen molar-refractivity contribution in [3.63, 3.8) is 0 Å². The van der Waals surface area contributed by atoms with E-state index in [1.807, 2.05) is 4.90 Å². The first kappa shape index (κ1) is 11.0. The van der Waals surface area contributed by atoms with E-state index in [2.05, 4.69) is 43.4 Å². The van der Waals surface area contributed by atoms with Gasteiger partial charge < -0.3 is 10.2 Å². The molecule has 1 saturated heterocycles. The average molecular weight is 218 g/mol. The molecular formula is C13H18N2O. The molecule has 0 spiro atoms. The van der Waals surface area contributed by atoms with Crippen molar-refractivity contribution in [3.05, 3.63) is 35.4 Å². The highest BCUT2D eigenvalue weighted by Crippen LogP contribution is 2.12. The minimum atomic E-state index is 0.0624. The van der Waals surface area contributed by atoms with Gasteiger partial charge in [-0.1, -0.05) is 36.8 Å². The topological polar surface area (TPSA) is 32.3 Å². The number of hydrogen-bond donors (Lipinski definition) is 1. The molecule has 2 rings (SSSR count). The number of nitrogens with zero attached hydrogens (tertiary/aromatic N) is 1. The second kappa shape index (κ2) is 4.56. The number of benzene rings is 1. The van der Waals surface area contributed by atoms with Crippen LogP contribution in [0.5, 0.6) is 0 Å². The summed E-state index contributed by atoms with van der Waals surface area (Å²) < 4.78 is 0. The van der Waals surface area contributed by atoms with Gasteiger partial charge in [0.2, 0.25) is 0 Å². The van der Waals surface area contributed by atoms with Gasteiger partial charge in [-0.3, -0.25) is 0 Å². The van der Waals surface area contributed by atoms with E-state index in [0.717, 1.165) is 13.0 Å². The van der Waals surface area contributed by atoms with Crippen LogP contribution in [0.15, 0.2) is 24.3 Å². The number of aryl methyl sites for hydroxylation is 1. The van der Waals surface area contributed by atoms with Gasteiger partial charge in [0, 0.05) is 19.1 Å². The van der Waals surface area contributed by atoms with Gasteiger partial charge in [0.15, 0.2) is 0 Å². The SMILES string of the molecule is CCC1CN(Cc2ccc(C)cc2)C(=O)N1. The van der Waals surface area contributed by atoms with Crippen molar-refractivity contribution in [1.82, 2.24) is 10.2 Å². The number of amides is 2. The summed E-state index contributed by atoms with van der Waals surface area (Å²) in [7, 11) is 0. The van der Waals surface area contributed by atoms with E-state index >= 15 is 0 Å². The maximum Gasteiger partial charge on any atom is 0.318 e. The third kappa shape index (κ3) is 2.35. The van der Waals surface area contributed by atoms with Crippen LogP contribution in [0.2, 0.25) is 0 Å². The molecule has 0 aliphatic carbocycles. The molecule has 0 aromatic heterocycles. The molecule has 0 radical (unpaired) electrons. The summed E-state index contributed by atoms with van der Waals surface area (Å²) in [5, 5.41) is 2.97. The molecule has 3 nitrogen and oxygen atoms in total. The van der Waals surface area contributed by atoms with Crippen molar-refractivity contribution in [1.29, 1.82) is 0 Å². The van der Waals surface area contributed by atoms with E-state index in [1.165, 1.54) is 11.1 Å². The lowest BCUT2D eigenvalue weighted by atomic mass is 10.1. The first-order valence-electron chi connectivity index (χ1n) is 5.80. The Balaban J connectivity index is 2.00. The molecule has 1 aliphatic rings. The molecule has 0 saturated carbocycles. The molecule has 2 amide bonds. The van der Waals surface area contributed by atoms with Crippen LogP contribution in [0.4, 0.5) is 4.79 Å². The third-order valence-corrected chi connectivity index (χ3v) is 3.04. The highest BCUT2D eigenvalue weighted by Gasteiger charge is 2.26. The van der Waals surface area contributed by atoms with E-state index in [-0.39, 0.29) is 6.03 Å². The Kier molecular flexibility index (Phi) is 3.13. The molecular weight excluding hydrogens is 200 g/mol. The molecule has 0 bridgehead atoms. The van der Waals surface area contributed by atoms with Crippen molar-refractivity contribution in [3.8, 4) is 0 Å². The normalized spacial score (nSPS) is 20.0. The molecule has 3 heteroatoms. The first-order valence-corrected chi connectivity index (χ1v) is 5.80. The van der Waals surface area contributed by atoms with E-state index < -0.39 is 0 Å². The highest BCUT2D eigenvalue weighted by atomic mass is 16.2. The lowest BCUT2D eigenvalue weighted by Gasteiger charge is -2.14. The number of hydrogen-bond acceptors (Lipinski definition) is 1. The van der Waals surface area contributed by atoms with Crippen LogP contribution in [0.1, 0.15) is 24.5 Å². The van der Waals surface area contributed by atoms with Gasteiger partial charge in [-0.05, 0) is 18.9 Å². The maximum atomic E-state index is 11.6. The molecule has 1 aromatic carbocycles. The summed E-state index contributed by atoms with van der Waals surface area (Å²) in [6.07, 6.45) is 0.996. The molecule has 1 N–H and O–H groups in total. The van der Waals surface area contributed by atoms with E-state index in [0.29, 0.717) is 12.6 Å². The predicted octanol–water partition coefficient (Wildman–Crippen LogP) is 2.30. The summed E-state index contributed by atoms with van der Waals surface area (Å²) in [6.45, 7) is 5.70. The van der Waals surface area contributed by atoms with Gasteiger partial charge in [-0.2, -0.15) is 0 Å². The fourth-order valence-electron chi connectivity index (χ4n) is 1.94. The minimum Gasteiger partial charge on any atom is -0.333 e. The Morgan fingerprint density at radius 2 is 2.06 bits per heavy atom. The van der Waals surface area contributed by atoms with Crippen LogP contribution in [0.3, 0.4) is 0 Å². The fraction of sp³-hybridized carbons (Fsp3) is 0.462. The van der Waals surface area contributed by atoms with Crippen LogP contribution < -0.4 is 5.32 Å². The van der Waals surface area contributed by atoms with Crippen molar-refractivity contribution in [2.45, 2.75) is 32.9 Å². The quantitative estimate of drug-likeness (QED) is 0.829. The average Bonchev–Trinajstić information content (AvgIpc) is 2.63. The smallest absolute Gasteiger partial charge is 0.318 e. The van der Waals surface area contributed by atoms with Crippen molar-refractivity contribution < 1.29 is 4.79 Å². The Morgan fingerprint density at radius 3 is 2.62 bits per heavy atom. The molecule has 1 fully saturated rings. The van der Waals surface area contributed by atoms with Crippen molar-refractivity contribution in [2.75, 3.05) is 6.54 Å². The van der Waals surface area contributed by atoms with Gasteiger partial charge >= 0.3 is 6.03 Å². The second-order valence-electron chi connectivity index (χ2n) is 4.42. The number of carbonyl (C=O) groups excluding carboxylic acids is 1. The van der Waals surface area contributed by atoms with Crippen LogP contribution in [0.25, 0.3) is 0 Å². The molecule has 1 unspecified atom stereocenters. The standard InChI is InChI=1S/C13H18N2O/c1-3-12-9-15(13(16)14-12)8-11-6-4-10(2)5-7-11/h4-7,12H,3,8-9H2,1-2H3,(H,14,16). The van der Waals surface area contributed by atoms with Crippen LogP contribution in [0, 0.1) is 6.92 Å². The Bertz CT molecular complexity index is 372. The summed E-state index contributed by atoms with van der Waals surface area (Å²) in [5.74, 6) is 0. The number of urea groups is 1. The van der Waals surface area contributed by atoms with Gasteiger partial charge in [0.05, 0.1) is 0 Å². The third-order valence-electron chi connectivity index (χ3n) is 3.04. The highest BCUT2D eigenvalue weighted by molar-refractivity contribution is 5.76. The summed E-state index contributed by atoms with van der Waals surface area (Å²) in [5.41, 5.74) is 2.44. The monoisotopic (exact) mass is 218 g/mol. The van der Waals surface area contributed by atoms with Crippen LogP contribution in [-0.4, -0.2) is 23.5 Å². The number of carbonyl (C=O) groups is 1. The second-order valence-corrected chi connectivity index (χ2v) is 4.42. The fourth-order valence-corrected chi connectivity index (χ4v) is 1.94. The van der Waals surface area contributed by atoms with Crippen LogP contribution >= 0.6 is 0 Å². The predicted molar refractivity (Wildman–Crippen MR) is 64.2 cm³/mol. The van der Waals surface area contributed by atoms with Gasteiger partial charge in [-0.15, -0.1) is 0 Å². The van der Waals surface area contributed by atoms with E-state index in [1.54, 1.807) is 0 Å². The Labute approximate surface area is 96.5 Å². The number of rotatable bonds is 3.